The maximum absolute atomic E-state index is 11.7. The van der Waals surface area contributed by atoms with Crippen LogP contribution in [0.25, 0.3) is 21.7 Å². The molecule has 1 N–H and O–H groups in total. The van der Waals surface area contributed by atoms with Gasteiger partial charge in [-0.15, -0.1) is 0 Å². The van der Waals surface area contributed by atoms with E-state index < -0.39 is 0 Å². The highest BCUT2D eigenvalue weighted by Gasteiger charge is 2.03. The first-order valence-electron chi connectivity index (χ1n) is 4.70. The molecule has 3 nitrogen and oxygen atoms in total. The van der Waals surface area contributed by atoms with Gasteiger partial charge < -0.3 is 4.98 Å². The van der Waals surface area contributed by atoms with Crippen molar-refractivity contribution in [3.05, 3.63) is 53.1 Å². The van der Waals surface area contributed by atoms with Crippen LogP contribution in [0.4, 0.5) is 0 Å². The van der Waals surface area contributed by atoms with Crippen LogP contribution in [0.2, 0.25) is 0 Å². The Balaban J connectivity index is 2.70. The topological polar surface area (TPSA) is 45.8 Å². The zero-order chi connectivity index (χ0) is 10.3. The minimum Gasteiger partial charge on any atom is -0.361 e. The molecule has 0 saturated heterocycles. The number of hydrogen-bond donors (Lipinski definition) is 1. The Morgan fingerprint density at radius 2 is 1.93 bits per heavy atom. The summed E-state index contributed by atoms with van der Waals surface area (Å²) in [6, 6.07) is 7.79. The highest BCUT2D eigenvalue weighted by molar-refractivity contribution is 6.04. The molecule has 0 radical (unpaired) electrons. The molecule has 0 spiro atoms. The molecule has 0 aliphatic rings. The van der Waals surface area contributed by atoms with E-state index in [9.17, 15) is 4.79 Å². The van der Waals surface area contributed by atoms with Gasteiger partial charge in [0.05, 0.1) is 17.1 Å². The van der Waals surface area contributed by atoms with Crippen LogP contribution < -0.4 is 5.43 Å². The highest BCUT2D eigenvalue weighted by atomic mass is 16.1. The molecule has 0 fully saturated rings. The molecule has 0 aliphatic heterocycles. The predicted molar refractivity (Wildman–Crippen MR) is 59.9 cm³/mol. The lowest BCUT2D eigenvalue weighted by Crippen LogP contribution is -2.01. The fourth-order valence-electron chi connectivity index (χ4n) is 1.84. The minimum atomic E-state index is -0.0412. The molecule has 1 aromatic carbocycles. The van der Waals surface area contributed by atoms with Crippen LogP contribution in [0, 0.1) is 0 Å². The van der Waals surface area contributed by atoms with Crippen LogP contribution in [0.5, 0.6) is 0 Å². The van der Waals surface area contributed by atoms with Crippen molar-refractivity contribution in [2.45, 2.75) is 0 Å². The van der Waals surface area contributed by atoms with Crippen molar-refractivity contribution in [2.75, 3.05) is 0 Å². The summed E-state index contributed by atoms with van der Waals surface area (Å²) in [7, 11) is 0. The fourth-order valence-corrected chi connectivity index (χ4v) is 1.84. The van der Waals surface area contributed by atoms with E-state index >= 15 is 0 Å². The van der Waals surface area contributed by atoms with E-state index in [-0.39, 0.29) is 5.43 Å². The Morgan fingerprint density at radius 3 is 2.87 bits per heavy atom. The monoisotopic (exact) mass is 196 g/mol. The Bertz CT molecular complexity index is 700. The predicted octanol–water partition coefficient (Wildman–Crippen LogP) is 2.08. The third-order valence-corrected chi connectivity index (χ3v) is 2.52. The zero-order valence-electron chi connectivity index (χ0n) is 7.90. The van der Waals surface area contributed by atoms with Crippen molar-refractivity contribution in [3.63, 3.8) is 0 Å². The second-order valence-corrected chi connectivity index (χ2v) is 3.44. The van der Waals surface area contributed by atoms with E-state index in [4.69, 9.17) is 0 Å². The summed E-state index contributed by atoms with van der Waals surface area (Å²) in [6.07, 6.45) is 4.88. The smallest absolute Gasteiger partial charge is 0.206 e. The molecule has 15 heavy (non-hydrogen) atoms. The first kappa shape index (κ1) is 8.17. The molecule has 0 unspecified atom stereocenters. The van der Waals surface area contributed by atoms with Crippen LogP contribution in [-0.2, 0) is 0 Å². The summed E-state index contributed by atoms with van der Waals surface area (Å²) in [5.41, 5.74) is 0.836. The summed E-state index contributed by atoms with van der Waals surface area (Å²) >= 11 is 0. The quantitative estimate of drug-likeness (QED) is 0.559. The number of nitrogens with zero attached hydrogens (tertiary/aromatic N) is 1. The van der Waals surface area contributed by atoms with Gasteiger partial charge in [-0.05, 0) is 11.5 Å². The molecule has 0 atom stereocenters. The number of pyridine rings is 2. The summed E-state index contributed by atoms with van der Waals surface area (Å²) < 4.78 is 0. The minimum absolute atomic E-state index is 0.0412. The van der Waals surface area contributed by atoms with Crippen LogP contribution in [0.3, 0.4) is 0 Å². The Hall–Kier alpha value is -2.16. The molecule has 3 rings (SSSR count). The first-order chi connectivity index (χ1) is 7.36. The lowest BCUT2D eigenvalue weighted by Gasteiger charge is -2.01. The van der Waals surface area contributed by atoms with E-state index in [1.54, 1.807) is 6.20 Å². The van der Waals surface area contributed by atoms with Crippen LogP contribution in [-0.4, -0.2) is 9.97 Å². The van der Waals surface area contributed by atoms with Gasteiger partial charge in [0.15, 0.2) is 0 Å². The number of aromatic nitrogens is 2. The molecular formula is C12H8N2O. The van der Waals surface area contributed by atoms with Crippen molar-refractivity contribution >= 4 is 21.7 Å². The van der Waals surface area contributed by atoms with Crippen molar-refractivity contribution in [2.24, 2.45) is 0 Å². The van der Waals surface area contributed by atoms with Crippen molar-refractivity contribution in [3.8, 4) is 0 Å². The van der Waals surface area contributed by atoms with Gasteiger partial charge in [0.1, 0.15) is 0 Å². The Kier molecular flexibility index (Phi) is 1.59. The van der Waals surface area contributed by atoms with E-state index in [2.05, 4.69) is 9.97 Å². The summed E-state index contributed by atoms with van der Waals surface area (Å²) in [6.45, 7) is 0. The van der Waals surface area contributed by atoms with E-state index in [1.807, 2.05) is 30.5 Å². The standard InChI is InChI=1S/C12H8N2O/c15-10-7-13-6-9-4-3-8-2-1-5-14-12(8)11(9)10/h1-7,14H. The average Bonchev–Trinajstić information content (AvgIpc) is 2.29. The molecule has 0 aliphatic carbocycles. The number of fused-ring (bicyclic) bond motifs is 3. The zero-order valence-corrected chi connectivity index (χ0v) is 7.90. The fraction of sp³-hybridized carbons (Fsp3) is 0. The second kappa shape index (κ2) is 2.92. The average molecular weight is 196 g/mol. The summed E-state index contributed by atoms with van der Waals surface area (Å²) in [4.78, 5) is 18.7. The molecule has 0 amide bonds. The summed E-state index contributed by atoms with van der Waals surface area (Å²) in [5.74, 6) is 0. The van der Waals surface area contributed by atoms with Gasteiger partial charge in [-0.2, -0.15) is 0 Å². The Morgan fingerprint density at radius 1 is 1.07 bits per heavy atom. The van der Waals surface area contributed by atoms with E-state index in [0.717, 1.165) is 16.3 Å². The number of aromatic amines is 1. The van der Waals surface area contributed by atoms with E-state index in [1.165, 1.54) is 6.20 Å². The molecule has 3 aromatic rings. The number of H-pyrrole nitrogens is 1. The number of nitrogens with one attached hydrogen (secondary N) is 1. The van der Waals surface area contributed by atoms with Crippen LogP contribution in [0.15, 0.2) is 47.7 Å². The van der Waals surface area contributed by atoms with Gasteiger partial charge >= 0.3 is 0 Å². The molecule has 3 heteroatoms. The lowest BCUT2D eigenvalue weighted by molar-refractivity contribution is 1.33. The third kappa shape index (κ3) is 1.13. The number of benzene rings is 1. The summed E-state index contributed by atoms with van der Waals surface area (Å²) in [5, 5.41) is 2.62. The van der Waals surface area contributed by atoms with Gasteiger partial charge in [-0.1, -0.05) is 18.2 Å². The first-order valence-corrected chi connectivity index (χ1v) is 4.70. The van der Waals surface area contributed by atoms with Gasteiger partial charge in [0, 0.05) is 17.8 Å². The van der Waals surface area contributed by atoms with Crippen LogP contribution >= 0.6 is 0 Å². The highest BCUT2D eigenvalue weighted by Crippen LogP contribution is 2.19. The molecule has 2 aromatic heterocycles. The van der Waals surface area contributed by atoms with E-state index in [0.29, 0.717) is 5.39 Å². The molecule has 0 bridgehead atoms. The van der Waals surface area contributed by atoms with Gasteiger partial charge in [-0.3, -0.25) is 9.78 Å². The largest absolute Gasteiger partial charge is 0.361 e. The van der Waals surface area contributed by atoms with Gasteiger partial charge in [0.2, 0.25) is 5.43 Å². The number of rotatable bonds is 0. The lowest BCUT2D eigenvalue weighted by atomic mass is 10.1. The number of hydrogen-bond acceptors (Lipinski definition) is 2. The maximum Gasteiger partial charge on any atom is 0.206 e. The van der Waals surface area contributed by atoms with Crippen molar-refractivity contribution in [1.82, 2.24) is 9.97 Å². The Labute approximate surface area is 85.4 Å². The third-order valence-electron chi connectivity index (χ3n) is 2.52. The van der Waals surface area contributed by atoms with Crippen LogP contribution in [0.1, 0.15) is 0 Å². The van der Waals surface area contributed by atoms with Gasteiger partial charge in [0.25, 0.3) is 0 Å². The van der Waals surface area contributed by atoms with Crippen molar-refractivity contribution in [1.29, 1.82) is 0 Å². The SMILES string of the molecule is O=c1cncc2ccc3ccc[nH]c3c12. The molecule has 0 saturated carbocycles. The molecule has 72 valence electrons. The molecular weight excluding hydrogens is 188 g/mol. The van der Waals surface area contributed by atoms with Crippen molar-refractivity contribution < 1.29 is 0 Å². The maximum atomic E-state index is 11.7. The van der Waals surface area contributed by atoms with Gasteiger partial charge in [-0.25, -0.2) is 0 Å². The normalized spacial score (nSPS) is 10.9. The molecule has 2 heterocycles. The second-order valence-electron chi connectivity index (χ2n) is 3.44.